The van der Waals surface area contributed by atoms with E-state index in [-0.39, 0.29) is 0 Å². The van der Waals surface area contributed by atoms with Crippen molar-refractivity contribution in [1.82, 2.24) is 15.9 Å². The van der Waals surface area contributed by atoms with Crippen molar-refractivity contribution in [3.8, 4) is 0 Å². The number of hydrazine groups is 1. The summed E-state index contributed by atoms with van der Waals surface area (Å²) in [6.07, 6.45) is -0.483. The molecule has 0 spiro atoms. The van der Waals surface area contributed by atoms with Crippen molar-refractivity contribution in [2.45, 2.75) is 6.92 Å². The average Bonchev–Trinajstić information content (AvgIpc) is 2.16. The van der Waals surface area contributed by atoms with Gasteiger partial charge in [0.05, 0.1) is 13.2 Å². The van der Waals surface area contributed by atoms with Crippen LogP contribution in [0.2, 0.25) is 0 Å². The Labute approximate surface area is 77.1 Å². The fraction of sp³-hybridized carbons (Fsp3) is 0.857. The van der Waals surface area contributed by atoms with E-state index in [0.717, 1.165) is 0 Å². The van der Waals surface area contributed by atoms with Gasteiger partial charge in [-0.25, -0.2) is 9.80 Å². The number of rotatable bonds is 3. The summed E-state index contributed by atoms with van der Waals surface area (Å²) < 4.78 is 5.11. The molecule has 1 aliphatic rings. The maximum Gasteiger partial charge on any atom is 0.440 e. The van der Waals surface area contributed by atoms with E-state index in [1.54, 1.807) is 5.01 Å². The van der Waals surface area contributed by atoms with E-state index in [2.05, 4.69) is 15.7 Å². The number of hydrogen-bond acceptors (Lipinski definition) is 5. The fourth-order valence-corrected chi connectivity index (χ4v) is 0.965. The largest absolute Gasteiger partial charge is 0.440 e. The second-order valence-electron chi connectivity index (χ2n) is 2.60. The molecular formula is C7H15N3O3. The molecular weight excluding hydrogens is 174 g/mol. The van der Waals surface area contributed by atoms with Crippen LogP contribution in [0.5, 0.6) is 0 Å². The predicted octanol–water partition coefficient (Wildman–Crippen LogP) is -0.516. The molecule has 0 aromatic heterocycles. The van der Waals surface area contributed by atoms with E-state index in [1.165, 1.54) is 0 Å². The summed E-state index contributed by atoms with van der Waals surface area (Å²) in [5, 5.41) is 1.77. The lowest BCUT2D eigenvalue weighted by Gasteiger charge is -2.26. The SMILES string of the molecule is CCNOC(=O)NN1CCOCC1. The lowest BCUT2D eigenvalue weighted by molar-refractivity contribution is 0.00260. The second-order valence-corrected chi connectivity index (χ2v) is 2.60. The molecule has 1 saturated heterocycles. The summed E-state index contributed by atoms with van der Waals surface area (Å²) in [4.78, 5) is 15.6. The van der Waals surface area contributed by atoms with Crippen molar-refractivity contribution in [3.63, 3.8) is 0 Å². The lowest BCUT2D eigenvalue weighted by atomic mass is 10.5. The van der Waals surface area contributed by atoms with Crippen molar-refractivity contribution < 1.29 is 14.4 Å². The van der Waals surface area contributed by atoms with Gasteiger partial charge in [-0.1, -0.05) is 0 Å². The molecule has 0 aromatic carbocycles. The summed E-state index contributed by atoms with van der Waals surface area (Å²) in [7, 11) is 0. The zero-order valence-electron chi connectivity index (χ0n) is 7.71. The van der Waals surface area contributed by atoms with Gasteiger partial charge in [-0.3, -0.25) is 5.43 Å². The van der Waals surface area contributed by atoms with Crippen molar-refractivity contribution >= 4 is 6.09 Å². The van der Waals surface area contributed by atoms with E-state index >= 15 is 0 Å². The Kier molecular flexibility index (Phi) is 4.52. The van der Waals surface area contributed by atoms with Crippen LogP contribution >= 0.6 is 0 Å². The minimum absolute atomic E-state index is 0.483. The second kappa shape index (κ2) is 5.74. The van der Waals surface area contributed by atoms with Crippen molar-refractivity contribution in [2.75, 3.05) is 32.8 Å². The molecule has 76 valence electrons. The van der Waals surface area contributed by atoms with Gasteiger partial charge in [0.15, 0.2) is 0 Å². The summed E-state index contributed by atoms with van der Waals surface area (Å²) in [6.45, 7) is 5.12. The fourth-order valence-electron chi connectivity index (χ4n) is 0.965. The molecule has 1 fully saturated rings. The molecule has 2 N–H and O–H groups in total. The van der Waals surface area contributed by atoms with E-state index in [4.69, 9.17) is 4.74 Å². The summed E-state index contributed by atoms with van der Waals surface area (Å²) >= 11 is 0. The van der Waals surface area contributed by atoms with Gasteiger partial charge in [0, 0.05) is 19.6 Å². The molecule has 1 rings (SSSR count). The molecule has 6 nitrogen and oxygen atoms in total. The van der Waals surface area contributed by atoms with Crippen LogP contribution < -0.4 is 10.9 Å². The van der Waals surface area contributed by atoms with Gasteiger partial charge >= 0.3 is 6.09 Å². The lowest BCUT2D eigenvalue weighted by Crippen LogP contribution is -2.49. The Hall–Kier alpha value is -0.850. The molecule has 1 heterocycles. The Balaban J connectivity index is 2.11. The average molecular weight is 189 g/mol. The third-order valence-corrected chi connectivity index (χ3v) is 1.57. The minimum Gasteiger partial charge on any atom is -0.379 e. The number of morpholine rings is 1. The summed E-state index contributed by atoms with van der Waals surface area (Å²) in [6, 6.07) is 0. The van der Waals surface area contributed by atoms with Gasteiger partial charge in [-0.15, -0.1) is 0 Å². The van der Waals surface area contributed by atoms with Crippen LogP contribution in [0.15, 0.2) is 0 Å². The number of hydrogen-bond donors (Lipinski definition) is 2. The molecule has 0 aromatic rings. The highest BCUT2D eigenvalue weighted by Crippen LogP contribution is 1.92. The van der Waals surface area contributed by atoms with Gasteiger partial charge in [-0.05, 0) is 6.92 Å². The quantitative estimate of drug-likeness (QED) is 0.585. The van der Waals surface area contributed by atoms with Gasteiger partial charge in [0.25, 0.3) is 0 Å². The van der Waals surface area contributed by atoms with Crippen LogP contribution in [0.1, 0.15) is 6.92 Å². The van der Waals surface area contributed by atoms with Gasteiger partial charge in [0.1, 0.15) is 0 Å². The topological polar surface area (TPSA) is 62.8 Å². The van der Waals surface area contributed by atoms with Crippen molar-refractivity contribution in [1.29, 1.82) is 0 Å². The third-order valence-electron chi connectivity index (χ3n) is 1.57. The first kappa shape index (κ1) is 10.2. The Bertz CT molecular complexity index is 159. The third kappa shape index (κ3) is 4.07. The van der Waals surface area contributed by atoms with Crippen molar-refractivity contribution in [2.24, 2.45) is 0 Å². The molecule has 0 unspecified atom stereocenters. The predicted molar refractivity (Wildman–Crippen MR) is 45.7 cm³/mol. The number of ether oxygens (including phenoxy) is 1. The summed E-state index contributed by atoms with van der Waals surface area (Å²) in [5.41, 5.74) is 5.05. The standard InChI is InChI=1S/C7H15N3O3/c1-2-8-13-7(11)9-10-3-5-12-6-4-10/h8H,2-6H2,1H3,(H,9,11). The molecule has 1 aliphatic heterocycles. The van der Waals surface area contributed by atoms with E-state index in [0.29, 0.717) is 32.8 Å². The number of carbonyl (C=O) groups is 1. The van der Waals surface area contributed by atoms with Gasteiger partial charge in [0.2, 0.25) is 0 Å². The smallest absolute Gasteiger partial charge is 0.379 e. The zero-order chi connectivity index (χ0) is 9.52. The van der Waals surface area contributed by atoms with Gasteiger partial charge in [-0.2, -0.15) is 5.48 Å². The minimum atomic E-state index is -0.483. The number of nitrogens with one attached hydrogen (secondary N) is 2. The van der Waals surface area contributed by atoms with E-state index < -0.39 is 6.09 Å². The number of amides is 1. The molecule has 13 heavy (non-hydrogen) atoms. The van der Waals surface area contributed by atoms with Crippen LogP contribution in [0, 0.1) is 0 Å². The monoisotopic (exact) mass is 189 g/mol. The molecule has 0 radical (unpaired) electrons. The highest BCUT2D eigenvalue weighted by Gasteiger charge is 2.13. The first-order valence-corrected chi connectivity index (χ1v) is 4.36. The van der Waals surface area contributed by atoms with Gasteiger partial charge < -0.3 is 9.57 Å². The van der Waals surface area contributed by atoms with E-state index in [1.807, 2.05) is 6.92 Å². The van der Waals surface area contributed by atoms with E-state index in [9.17, 15) is 4.79 Å². The normalized spacial score (nSPS) is 18.2. The highest BCUT2D eigenvalue weighted by atomic mass is 16.7. The van der Waals surface area contributed by atoms with Crippen LogP contribution in [0.3, 0.4) is 0 Å². The molecule has 0 atom stereocenters. The summed E-state index contributed by atoms with van der Waals surface area (Å²) in [5.74, 6) is 0. The van der Waals surface area contributed by atoms with Crippen molar-refractivity contribution in [3.05, 3.63) is 0 Å². The first-order valence-electron chi connectivity index (χ1n) is 4.36. The molecule has 0 saturated carbocycles. The molecule has 0 bridgehead atoms. The van der Waals surface area contributed by atoms with Crippen LogP contribution in [0.25, 0.3) is 0 Å². The molecule has 0 aliphatic carbocycles. The van der Waals surface area contributed by atoms with Crippen LogP contribution in [-0.2, 0) is 9.57 Å². The maximum absolute atomic E-state index is 11.0. The Morgan fingerprint density at radius 2 is 2.23 bits per heavy atom. The maximum atomic E-state index is 11.0. The molecule has 6 heteroatoms. The Morgan fingerprint density at radius 3 is 2.85 bits per heavy atom. The number of nitrogens with zero attached hydrogens (tertiary/aromatic N) is 1. The number of carbonyl (C=O) groups excluding carboxylic acids is 1. The molecule has 1 amide bonds. The highest BCUT2D eigenvalue weighted by molar-refractivity contribution is 5.66. The Morgan fingerprint density at radius 1 is 1.54 bits per heavy atom. The first-order chi connectivity index (χ1) is 6.33. The van der Waals surface area contributed by atoms with Crippen LogP contribution in [0.4, 0.5) is 4.79 Å². The van der Waals surface area contributed by atoms with Crippen LogP contribution in [-0.4, -0.2) is 44.0 Å². The zero-order valence-corrected chi connectivity index (χ0v) is 7.71. The number of hydroxylamine groups is 1.